The maximum absolute atomic E-state index is 11.4. The largest absolute Gasteiger partial charge is 0.465 e. The SMILES string of the molecule is COC(=O)c1ccc2c(c1)CN(C(=O)O)CC2. The van der Waals surface area contributed by atoms with E-state index in [1.165, 1.54) is 12.0 Å². The predicted octanol–water partition coefficient (Wildman–Crippen LogP) is 1.51. The third kappa shape index (κ3) is 2.22. The highest BCUT2D eigenvalue weighted by Gasteiger charge is 2.21. The lowest BCUT2D eigenvalue weighted by Gasteiger charge is -2.26. The Morgan fingerprint density at radius 3 is 2.76 bits per heavy atom. The van der Waals surface area contributed by atoms with E-state index >= 15 is 0 Å². The monoisotopic (exact) mass is 235 g/mol. The highest BCUT2D eigenvalue weighted by molar-refractivity contribution is 5.89. The van der Waals surface area contributed by atoms with Crippen LogP contribution >= 0.6 is 0 Å². The van der Waals surface area contributed by atoms with Crippen molar-refractivity contribution in [2.45, 2.75) is 13.0 Å². The highest BCUT2D eigenvalue weighted by Crippen LogP contribution is 2.20. The summed E-state index contributed by atoms with van der Waals surface area (Å²) in [4.78, 5) is 23.6. The minimum Gasteiger partial charge on any atom is -0.465 e. The third-order valence-electron chi connectivity index (χ3n) is 2.91. The molecule has 5 nitrogen and oxygen atoms in total. The van der Waals surface area contributed by atoms with Crippen molar-refractivity contribution in [2.24, 2.45) is 0 Å². The molecule has 1 N–H and O–H groups in total. The Balaban J connectivity index is 2.29. The number of carboxylic acid groups (broad SMARTS) is 1. The molecule has 0 aromatic heterocycles. The van der Waals surface area contributed by atoms with E-state index in [9.17, 15) is 9.59 Å². The summed E-state index contributed by atoms with van der Waals surface area (Å²) in [6, 6.07) is 5.28. The second-order valence-electron chi connectivity index (χ2n) is 3.93. The number of methoxy groups -OCH3 is 1. The van der Waals surface area contributed by atoms with Crippen molar-refractivity contribution < 1.29 is 19.4 Å². The fourth-order valence-electron chi connectivity index (χ4n) is 1.97. The van der Waals surface area contributed by atoms with Crippen molar-refractivity contribution in [3.63, 3.8) is 0 Å². The predicted molar refractivity (Wildman–Crippen MR) is 59.9 cm³/mol. The molecule has 0 bridgehead atoms. The molecule has 1 aliphatic heterocycles. The molecule has 17 heavy (non-hydrogen) atoms. The minimum absolute atomic E-state index is 0.329. The smallest absolute Gasteiger partial charge is 0.407 e. The van der Waals surface area contributed by atoms with Gasteiger partial charge in [0.05, 0.1) is 12.7 Å². The lowest BCUT2D eigenvalue weighted by Crippen LogP contribution is -2.34. The number of hydrogen-bond donors (Lipinski definition) is 1. The fourth-order valence-corrected chi connectivity index (χ4v) is 1.97. The molecule has 90 valence electrons. The van der Waals surface area contributed by atoms with Crippen molar-refractivity contribution in [1.29, 1.82) is 0 Å². The van der Waals surface area contributed by atoms with Gasteiger partial charge >= 0.3 is 12.1 Å². The first-order valence-corrected chi connectivity index (χ1v) is 5.30. The Morgan fingerprint density at radius 2 is 2.12 bits per heavy atom. The van der Waals surface area contributed by atoms with Gasteiger partial charge in [-0.2, -0.15) is 0 Å². The molecular formula is C12H13NO4. The maximum Gasteiger partial charge on any atom is 0.407 e. The molecule has 0 radical (unpaired) electrons. The van der Waals surface area contributed by atoms with Gasteiger partial charge < -0.3 is 14.7 Å². The second-order valence-corrected chi connectivity index (χ2v) is 3.93. The van der Waals surface area contributed by atoms with Crippen LogP contribution in [-0.2, 0) is 17.7 Å². The van der Waals surface area contributed by atoms with Crippen LogP contribution < -0.4 is 0 Å². The van der Waals surface area contributed by atoms with E-state index in [1.807, 2.05) is 6.07 Å². The van der Waals surface area contributed by atoms with Gasteiger partial charge in [-0.15, -0.1) is 0 Å². The van der Waals surface area contributed by atoms with Crippen molar-refractivity contribution in [2.75, 3.05) is 13.7 Å². The van der Waals surface area contributed by atoms with Crippen LogP contribution in [0.2, 0.25) is 0 Å². The first kappa shape index (κ1) is 11.4. The van der Waals surface area contributed by atoms with E-state index < -0.39 is 12.1 Å². The van der Waals surface area contributed by atoms with Gasteiger partial charge in [0.1, 0.15) is 0 Å². The normalized spacial score (nSPS) is 14.1. The number of hydrogen-bond acceptors (Lipinski definition) is 3. The Bertz CT molecular complexity index is 470. The van der Waals surface area contributed by atoms with E-state index in [1.54, 1.807) is 12.1 Å². The van der Waals surface area contributed by atoms with Crippen LogP contribution in [0.4, 0.5) is 4.79 Å². The van der Waals surface area contributed by atoms with Crippen LogP contribution in [0.3, 0.4) is 0 Å². The van der Waals surface area contributed by atoms with Crippen molar-refractivity contribution in [3.8, 4) is 0 Å². The molecule has 1 heterocycles. The number of nitrogens with zero attached hydrogens (tertiary/aromatic N) is 1. The summed E-state index contributed by atoms with van der Waals surface area (Å²) in [7, 11) is 1.32. The van der Waals surface area contributed by atoms with Gasteiger partial charge in [0.15, 0.2) is 0 Å². The summed E-state index contributed by atoms with van der Waals surface area (Å²) in [6.07, 6.45) is -0.248. The number of carbonyl (C=O) groups is 2. The van der Waals surface area contributed by atoms with Gasteiger partial charge in [0.2, 0.25) is 0 Å². The quantitative estimate of drug-likeness (QED) is 0.749. The summed E-state index contributed by atoms with van der Waals surface area (Å²) >= 11 is 0. The average molecular weight is 235 g/mol. The molecule has 0 saturated carbocycles. The topological polar surface area (TPSA) is 66.8 Å². The van der Waals surface area contributed by atoms with Crippen molar-refractivity contribution in [1.82, 2.24) is 4.90 Å². The van der Waals surface area contributed by atoms with Gasteiger partial charge in [0.25, 0.3) is 0 Å². The maximum atomic E-state index is 11.4. The lowest BCUT2D eigenvalue weighted by atomic mass is 9.97. The molecule has 0 saturated heterocycles. The van der Waals surface area contributed by atoms with Gasteiger partial charge in [-0.1, -0.05) is 6.07 Å². The Morgan fingerprint density at radius 1 is 1.35 bits per heavy atom. The molecule has 0 aliphatic carbocycles. The standard InChI is InChI=1S/C12H13NO4/c1-17-11(14)9-3-2-8-4-5-13(12(15)16)7-10(8)6-9/h2-3,6H,4-5,7H2,1H3,(H,15,16). The van der Waals surface area contributed by atoms with Gasteiger partial charge in [-0.25, -0.2) is 9.59 Å². The average Bonchev–Trinajstić information content (AvgIpc) is 2.36. The molecule has 0 fully saturated rings. The first-order valence-electron chi connectivity index (χ1n) is 5.30. The molecule has 2 rings (SSSR count). The molecule has 1 amide bonds. The molecule has 1 aromatic carbocycles. The Labute approximate surface area is 98.6 Å². The van der Waals surface area contributed by atoms with Crippen molar-refractivity contribution >= 4 is 12.1 Å². The first-order chi connectivity index (χ1) is 8.11. The number of fused-ring (bicyclic) bond motifs is 1. The number of esters is 1. The highest BCUT2D eigenvalue weighted by atomic mass is 16.5. The Kier molecular flexibility index (Phi) is 2.99. The molecule has 1 aromatic rings. The molecular weight excluding hydrogens is 222 g/mol. The van der Waals surface area contributed by atoms with Gasteiger partial charge in [-0.05, 0) is 29.7 Å². The Hall–Kier alpha value is -2.04. The zero-order chi connectivity index (χ0) is 12.4. The molecule has 5 heteroatoms. The van der Waals surface area contributed by atoms with Gasteiger partial charge in [-0.3, -0.25) is 0 Å². The summed E-state index contributed by atoms with van der Waals surface area (Å²) in [5, 5.41) is 8.92. The summed E-state index contributed by atoms with van der Waals surface area (Å²) in [6.45, 7) is 0.829. The summed E-state index contributed by atoms with van der Waals surface area (Å²) < 4.78 is 4.63. The molecule has 0 atom stereocenters. The zero-order valence-electron chi connectivity index (χ0n) is 9.47. The van der Waals surface area contributed by atoms with Crippen LogP contribution in [-0.4, -0.2) is 35.7 Å². The van der Waals surface area contributed by atoms with E-state index in [4.69, 9.17) is 5.11 Å². The van der Waals surface area contributed by atoms with E-state index in [2.05, 4.69) is 4.74 Å². The molecule has 1 aliphatic rings. The van der Waals surface area contributed by atoms with Crippen LogP contribution in [0, 0.1) is 0 Å². The van der Waals surface area contributed by atoms with E-state index in [0.717, 1.165) is 11.1 Å². The van der Waals surface area contributed by atoms with Crippen LogP contribution in [0.1, 0.15) is 21.5 Å². The molecule has 0 spiro atoms. The molecule has 0 unspecified atom stereocenters. The van der Waals surface area contributed by atoms with Crippen LogP contribution in [0.15, 0.2) is 18.2 Å². The minimum atomic E-state index is -0.931. The van der Waals surface area contributed by atoms with Crippen molar-refractivity contribution in [3.05, 3.63) is 34.9 Å². The van der Waals surface area contributed by atoms with E-state index in [0.29, 0.717) is 25.1 Å². The number of ether oxygens (including phenoxy) is 1. The van der Waals surface area contributed by atoms with Crippen LogP contribution in [0.25, 0.3) is 0 Å². The second kappa shape index (κ2) is 4.45. The third-order valence-corrected chi connectivity index (χ3v) is 2.91. The van der Waals surface area contributed by atoms with E-state index in [-0.39, 0.29) is 0 Å². The number of amides is 1. The van der Waals surface area contributed by atoms with Gasteiger partial charge in [0, 0.05) is 13.1 Å². The lowest BCUT2D eigenvalue weighted by molar-refractivity contribution is 0.0600. The summed E-state index contributed by atoms with van der Waals surface area (Å²) in [5.74, 6) is -0.403. The zero-order valence-corrected chi connectivity index (χ0v) is 9.47. The number of benzene rings is 1. The van der Waals surface area contributed by atoms with Crippen LogP contribution in [0.5, 0.6) is 0 Å². The summed E-state index contributed by atoms with van der Waals surface area (Å²) in [5.41, 5.74) is 2.43. The fraction of sp³-hybridized carbons (Fsp3) is 0.333. The number of rotatable bonds is 1. The number of carbonyl (C=O) groups excluding carboxylic acids is 1.